The normalized spacial score (nSPS) is 11.0. The Morgan fingerprint density at radius 2 is 2.00 bits per heavy atom. The van der Waals surface area contributed by atoms with Crippen molar-refractivity contribution in [2.45, 2.75) is 38.4 Å². The number of hydrogen-bond acceptors (Lipinski definition) is 5. The van der Waals surface area contributed by atoms with Gasteiger partial charge in [-0.2, -0.15) is 0 Å². The van der Waals surface area contributed by atoms with Gasteiger partial charge in [0.25, 0.3) is 0 Å². The zero-order valence-electron chi connectivity index (χ0n) is 15.0. The molecule has 1 aromatic carbocycles. The zero-order valence-corrected chi connectivity index (χ0v) is 15.9. The van der Waals surface area contributed by atoms with Crippen LogP contribution in [0.4, 0.5) is 14.5 Å². The van der Waals surface area contributed by atoms with Crippen LogP contribution in [0.5, 0.6) is 0 Å². The summed E-state index contributed by atoms with van der Waals surface area (Å²) in [5, 5.41) is 11.2. The quantitative estimate of drug-likeness (QED) is 0.633. The number of aryl methyl sites for hydroxylation is 1. The second kappa shape index (κ2) is 9.45. The summed E-state index contributed by atoms with van der Waals surface area (Å²) in [7, 11) is 0. The van der Waals surface area contributed by atoms with Gasteiger partial charge in [-0.1, -0.05) is 25.6 Å². The number of aromatic nitrogens is 3. The van der Waals surface area contributed by atoms with Crippen LogP contribution in [-0.2, 0) is 22.6 Å². The summed E-state index contributed by atoms with van der Waals surface area (Å²) in [6.07, 6.45) is 0.536. The molecular weight excluding hydrogens is 376 g/mol. The number of amides is 2. The fraction of sp³-hybridized carbons (Fsp3) is 0.412. The first kappa shape index (κ1) is 20.8. The predicted octanol–water partition coefficient (Wildman–Crippen LogP) is 2.36. The number of anilines is 1. The molecule has 0 spiro atoms. The standard InChI is InChI=1S/C17H21F2N5O2S/c1-10(2)8-24-15(6-5-14(20)25)22-23-17(24)27-9-16(26)21-11-3-4-12(18)13(19)7-11/h3-4,7,10H,5-6,8-9H2,1-2H3,(H2,20,25)(H,21,26). The Hall–Kier alpha value is -2.49. The van der Waals surface area contributed by atoms with E-state index >= 15 is 0 Å². The van der Waals surface area contributed by atoms with Crippen molar-refractivity contribution in [2.75, 3.05) is 11.1 Å². The van der Waals surface area contributed by atoms with Crippen molar-refractivity contribution in [1.29, 1.82) is 0 Å². The molecule has 0 saturated carbocycles. The van der Waals surface area contributed by atoms with Gasteiger partial charge in [0.1, 0.15) is 5.82 Å². The van der Waals surface area contributed by atoms with E-state index in [1.54, 1.807) is 0 Å². The molecule has 0 radical (unpaired) electrons. The molecule has 0 aliphatic rings. The van der Waals surface area contributed by atoms with Crippen LogP contribution in [0.2, 0.25) is 0 Å². The lowest BCUT2D eigenvalue weighted by Gasteiger charge is -2.12. The van der Waals surface area contributed by atoms with E-state index in [4.69, 9.17) is 5.73 Å². The van der Waals surface area contributed by atoms with Crippen molar-refractivity contribution in [2.24, 2.45) is 11.7 Å². The lowest BCUT2D eigenvalue weighted by atomic mass is 10.2. The summed E-state index contributed by atoms with van der Waals surface area (Å²) in [6, 6.07) is 3.15. The van der Waals surface area contributed by atoms with E-state index in [1.165, 1.54) is 17.8 Å². The molecule has 7 nitrogen and oxygen atoms in total. The maximum absolute atomic E-state index is 13.2. The Morgan fingerprint density at radius 3 is 2.63 bits per heavy atom. The van der Waals surface area contributed by atoms with Crippen molar-refractivity contribution in [3.05, 3.63) is 35.7 Å². The van der Waals surface area contributed by atoms with Crippen molar-refractivity contribution in [1.82, 2.24) is 14.8 Å². The van der Waals surface area contributed by atoms with Gasteiger partial charge in [-0.05, 0) is 18.1 Å². The number of nitrogens with two attached hydrogens (primary N) is 1. The van der Waals surface area contributed by atoms with Gasteiger partial charge >= 0.3 is 0 Å². The summed E-state index contributed by atoms with van der Waals surface area (Å²) in [4.78, 5) is 23.1. The Kier molecular flexibility index (Phi) is 7.28. The summed E-state index contributed by atoms with van der Waals surface area (Å²) in [5.74, 6) is -1.86. The number of halogens is 2. The number of thioether (sulfide) groups is 1. The third-order valence-corrected chi connectivity index (χ3v) is 4.44. The highest BCUT2D eigenvalue weighted by atomic mass is 32.2. The minimum Gasteiger partial charge on any atom is -0.370 e. The monoisotopic (exact) mass is 397 g/mol. The number of carbonyl (C=O) groups is 2. The molecule has 0 fully saturated rings. The van der Waals surface area contributed by atoms with Crippen molar-refractivity contribution in [3.63, 3.8) is 0 Å². The van der Waals surface area contributed by atoms with Crippen molar-refractivity contribution in [3.8, 4) is 0 Å². The molecule has 3 N–H and O–H groups in total. The molecule has 2 rings (SSSR count). The number of carbonyl (C=O) groups excluding carboxylic acids is 2. The highest BCUT2D eigenvalue weighted by Gasteiger charge is 2.16. The number of rotatable bonds is 9. The highest BCUT2D eigenvalue weighted by molar-refractivity contribution is 7.99. The van der Waals surface area contributed by atoms with Crippen LogP contribution < -0.4 is 11.1 Å². The molecule has 0 aliphatic heterocycles. The molecule has 0 aliphatic carbocycles. The Bertz CT molecular complexity index is 826. The number of nitrogens with zero attached hydrogens (tertiary/aromatic N) is 3. The van der Waals surface area contributed by atoms with E-state index in [0.717, 1.165) is 12.1 Å². The molecule has 10 heteroatoms. The molecule has 146 valence electrons. The second-order valence-corrected chi connectivity index (χ2v) is 7.28. The van der Waals surface area contributed by atoms with Gasteiger partial charge in [-0.15, -0.1) is 10.2 Å². The van der Waals surface area contributed by atoms with Crippen LogP contribution in [0.15, 0.2) is 23.4 Å². The van der Waals surface area contributed by atoms with Crippen LogP contribution >= 0.6 is 11.8 Å². The average molecular weight is 397 g/mol. The number of benzene rings is 1. The Morgan fingerprint density at radius 1 is 1.26 bits per heavy atom. The average Bonchev–Trinajstić information content (AvgIpc) is 2.95. The predicted molar refractivity (Wildman–Crippen MR) is 98.1 cm³/mol. The van der Waals surface area contributed by atoms with E-state index < -0.39 is 17.5 Å². The van der Waals surface area contributed by atoms with Gasteiger partial charge in [-0.25, -0.2) is 8.78 Å². The number of hydrogen-bond donors (Lipinski definition) is 2. The van der Waals surface area contributed by atoms with Gasteiger partial charge in [-0.3, -0.25) is 9.59 Å². The van der Waals surface area contributed by atoms with E-state index in [9.17, 15) is 18.4 Å². The van der Waals surface area contributed by atoms with Gasteiger partial charge in [0.15, 0.2) is 16.8 Å². The van der Waals surface area contributed by atoms with Gasteiger partial charge in [0.2, 0.25) is 11.8 Å². The SMILES string of the molecule is CC(C)Cn1c(CCC(N)=O)nnc1SCC(=O)Nc1ccc(F)c(F)c1. The minimum absolute atomic E-state index is 0.0189. The third-order valence-electron chi connectivity index (χ3n) is 3.47. The summed E-state index contributed by atoms with van der Waals surface area (Å²) in [6.45, 7) is 4.69. The number of primary amides is 1. The molecule has 2 amide bonds. The van der Waals surface area contributed by atoms with Crippen LogP contribution in [0.3, 0.4) is 0 Å². The molecule has 0 saturated heterocycles. The van der Waals surface area contributed by atoms with Gasteiger partial charge in [0.05, 0.1) is 5.75 Å². The topological polar surface area (TPSA) is 103 Å². The van der Waals surface area contributed by atoms with Gasteiger partial charge in [0, 0.05) is 31.1 Å². The molecule has 27 heavy (non-hydrogen) atoms. The lowest BCUT2D eigenvalue weighted by Crippen LogP contribution is -2.17. The van der Waals surface area contributed by atoms with E-state index in [2.05, 4.69) is 15.5 Å². The molecular formula is C17H21F2N5O2S. The third kappa shape index (κ3) is 6.31. The van der Waals surface area contributed by atoms with Crippen molar-refractivity contribution < 1.29 is 18.4 Å². The minimum atomic E-state index is -1.03. The largest absolute Gasteiger partial charge is 0.370 e. The summed E-state index contributed by atoms with van der Waals surface area (Å²) >= 11 is 1.17. The fourth-order valence-electron chi connectivity index (χ4n) is 2.30. The number of nitrogens with one attached hydrogen (secondary N) is 1. The first-order valence-corrected chi connectivity index (χ1v) is 9.33. The Labute approximate surface area is 159 Å². The zero-order chi connectivity index (χ0) is 20.0. The smallest absolute Gasteiger partial charge is 0.234 e. The summed E-state index contributed by atoms with van der Waals surface area (Å²) in [5.41, 5.74) is 5.36. The van der Waals surface area contributed by atoms with E-state index in [1.807, 2.05) is 18.4 Å². The molecule has 0 unspecified atom stereocenters. The maximum Gasteiger partial charge on any atom is 0.234 e. The second-order valence-electron chi connectivity index (χ2n) is 6.34. The Balaban J connectivity index is 2.01. The van der Waals surface area contributed by atoms with E-state index in [-0.39, 0.29) is 23.8 Å². The molecule has 0 atom stereocenters. The first-order valence-electron chi connectivity index (χ1n) is 8.34. The highest BCUT2D eigenvalue weighted by Crippen LogP contribution is 2.20. The van der Waals surface area contributed by atoms with Crippen LogP contribution in [0, 0.1) is 17.6 Å². The van der Waals surface area contributed by atoms with Crippen LogP contribution in [-0.4, -0.2) is 32.3 Å². The maximum atomic E-state index is 13.2. The molecule has 1 heterocycles. The van der Waals surface area contributed by atoms with Crippen molar-refractivity contribution >= 4 is 29.3 Å². The van der Waals surface area contributed by atoms with Crippen LogP contribution in [0.25, 0.3) is 0 Å². The molecule has 1 aromatic heterocycles. The van der Waals surface area contributed by atoms with E-state index in [0.29, 0.717) is 29.9 Å². The van der Waals surface area contributed by atoms with Gasteiger partial charge < -0.3 is 15.6 Å². The molecule has 2 aromatic rings. The summed E-state index contributed by atoms with van der Waals surface area (Å²) < 4.78 is 28.0. The fourth-order valence-corrected chi connectivity index (χ4v) is 3.06. The van der Waals surface area contributed by atoms with Crippen LogP contribution in [0.1, 0.15) is 26.1 Å². The lowest BCUT2D eigenvalue weighted by molar-refractivity contribution is -0.118. The first-order chi connectivity index (χ1) is 12.8. The molecule has 0 bridgehead atoms.